The monoisotopic (exact) mass is 569 g/mol. The van der Waals surface area contributed by atoms with Crippen molar-refractivity contribution in [1.29, 1.82) is 0 Å². The number of ether oxygens (including phenoxy) is 1. The second kappa shape index (κ2) is 10.6. The number of anilines is 1. The van der Waals surface area contributed by atoms with Crippen molar-refractivity contribution < 1.29 is 22.1 Å². The van der Waals surface area contributed by atoms with Crippen molar-refractivity contribution in [2.24, 2.45) is 5.10 Å². The number of halogens is 3. The van der Waals surface area contributed by atoms with E-state index in [2.05, 4.69) is 25.6 Å². The Hall–Kier alpha value is -4.03. The number of imidazole rings is 1. The zero-order valence-corrected chi connectivity index (χ0v) is 22.4. The van der Waals surface area contributed by atoms with Gasteiger partial charge in [-0.25, -0.2) is 4.98 Å². The number of thiocarbonyl (C=S) groups is 1. The summed E-state index contributed by atoms with van der Waals surface area (Å²) < 4.78 is 56.3. The average molecular weight is 570 g/mol. The van der Waals surface area contributed by atoms with Gasteiger partial charge in [0.15, 0.2) is 5.11 Å². The molecule has 0 spiro atoms. The fraction of sp³-hybridized carbons (Fsp3) is 0.148. The molecule has 1 aromatic heterocycles. The molecule has 200 valence electrons. The summed E-state index contributed by atoms with van der Waals surface area (Å²) in [5, 5.41) is 7.71. The lowest BCUT2D eigenvalue weighted by molar-refractivity contribution is -0.274. The van der Waals surface area contributed by atoms with Gasteiger partial charge in [0, 0.05) is 21.8 Å². The Bertz CT molecular complexity index is 1590. The van der Waals surface area contributed by atoms with Crippen molar-refractivity contribution in [3.8, 4) is 22.7 Å². The van der Waals surface area contributed by atoms with Crippen LogP contribution in [0.5, 0.6) is 5.75 Å². The zero-order chi connectivity index (χ0) is 27.7. The summed E-state index contributed by atoms with van der Waals surface area (Å²) in [7, 11) is -1.37. The second-order valence-electron chi connectivity index (χ2n) is 8.79. The molecule has 1 aliphatic heterocycles. The molecule has 3 aromatic carbocycles. The molecular formula is C27H22F3N5O2S2. The summed E-state index contributed by atoms with van der Waals surface area (Å²) in [5.74, 6) is -0.120. The molecule has 0 fully saturated rings. The fourth-order valence-electron chi connectivity index (χ4n) is 4.29. The normalized spacial score (nSPS) is 14.5. The van der Waals surface area contributed by atoms with E-state index in [1.807, 2.05) is 44.2 Å². The number of hydrogen-bond acceptors (Lipinski definition) is 5. The van der Waals surface area contributed by atoms with Gasteiger partial charge in [0.05, 0.1) is 34.2 Å². The number of alkyl halides is 3. The van der Waals surface area contributed by atoms with E-state index in [1.54, 1.807) is 23.2 Å². The number of hydrogen-bond donors (Lipinski definition) is 2. The van der Waals surface area contributed by atoms with Crippen LogP contribution < -0.4 is 15.5 Å². The third kappa shape index (κ3) is 5.86. The first-order valence-electron chi connectivity index (χ1n) is 11.7. The highest BCUT2D eigenvalue weighted by Crippen LogP contribution is 2.36. The van der Waals surface area contributed by atoms with Crippen LogP contribution in [0.2, 0.25) is 0 Å². The fourth-order valence-corrected chi connectivity index (χ4v) is 5.80. The first-order valence-corrected chi connectivity index (χ1v) is 13.4. The van der Waals surface area contributed by atoms with E-state index in [1.165, 1.54) is 24.3 Å². The summed E-state index contributed by atoms with van der Waals surface area (Å²) in [5.41, 5.74) is 9.27. The Labute approximate surface area is 230 Å². The van der Waals surface area contributed by atoms with Crippen LogP contribution in [0.15, 0.2) is 77.0 Å². The molecule has 0 amide bonds. The molecular weight excluding hydrogens is 547 g/mol. The maximum atomic E-state index is 13.2. The van der Waals surface area contributed by atoms with Gasteiger partial charge in [-0.1, -0.05) is 30.3 Å². The van der Waals surface area contributed by atoms with Crippen LogP contribution in [0, 0.1) is 13.8 Å². The predicted octanol–water partition coefficient (Wildman–Crippen LogP) is 6.00. The third-order valence-corrected chi connectivity index (χ3v) is 7.65. The lowest BCUT2D eigenvalue weighted by Gasteiger charge is -2.18. The molecule has 4 aromatic rings. The molecule has 0 saturated carbocycles. The van der Waals surface area contributed by atoms with Crippen molar-refractivity contribution >= 4 is 40.0 Å². The van der Waals surface area contributed by atoms with Gasteiger partial charge in [-0.05, 0) is 73.1 Å². The van der Waals surface area contributed by atoms with Gasteiger partial charge in [0.2, 0.25) is 0 Å². The van der Waals surface area contributed by atoms with E-state index in [0.717, 1.165) is 27.9 Å². The number of hydrazone groups is 1. The lowest BCUT2D eigenvalue weighted by Crippen LogP contribution is -2.24. The Balaban J connectivity index is 1.32. The molecule has 39 heavy (non-hydrogen) atoms. The number of rotatable bonds is 5. The van der Waals surface area contributed by atoms with E-state index in [4.69, 9.17) is 12.2 Å². The van der Waals surface area contributed by atoms with Crippen molar-refractivity contribution in [1.82, 2.24) is 15.0 Å². The molecule has 0 saturated heterocycles. The number of nitrogens with zero attached hydrogens (tertiary/aromatic N) is 3. The highest BCUT2D eigenvalue weighted by Gasteiger charge is 2.31. The minimum Gasteiger partial charge on any atom is -0.406 e. The average Bonchev–Trinajstić information content (AvgIpc) is 3.30. The molecule has 1 atom stereocenters. The van der Waals surface area contributed by atoms with Gasteiger partial charge in [-0.15, -0.1) is 13.2 Å². The number of aromatic nitrogens is 2. The van der Waals surface area contributed by atoms with E-state index in [9.17, 15) is 17.4 Å². The molecule has 0 aliphatic carbocycles. The lowest BCUT2D eigenvalue weighted by atomic mass is 10.1. The van der Waals surface area contributed by atoms with Crippen molar-refractivity contribution in [3.05, 3.63) is 89.4 Å². The number of benzene rings is 3. The molecule has 1 unspecified atom stereocenters. The van der Waals surface area contributed by atoms with Gasteiger partial charge in [-0.3, -0.25) is 9.63 Å². The maximum absolute atomic E-state index is 13.2. The van der Waals surface area contributed by atoms with Gasteiger partial charge >= 0.3 is 6.36 Å². The van der Waals surface area contributed by atoms with E-state index in [0.29, 0.717) is 27.1 Å². The molecule has 2 heterocycles. The topological polar surface area (TPSA) is 80.5 Å². The van der Waals surface area contributed by atoms with E-state index >= 15 is 0 Å². The van der Waals surface area contributed by atoms with Crippen LogP contribution in [0.3, 0.4) is 0 Å². The minimum absolute atomic E-state index is 0.200. The van der Waals surface area contributed by atoms with Crippen LogP contribution in [0.1, 0.15) is 22.4 Å². The van der Waals surface area contributed by atoms with E-state index in [-0.39, 0.29) is 11.5 Å². The van der Waals surface area contributed by atoms with Crippen LogP contribution in [0.25, 0.3) is 16.9 Å². The molecule has 12 heteroatoms. The quantitative estimate of drug-likeness (QED) is 0.175. The molecule has 0 bridgehead atoms. The Morgan fingerprint density at radius 1 is 1.13 bits per heavy atom. The molecule has 5 rings (SSSR count). The van der Waals surface area contributed by atoms with Crippen molar-refractivity contribution in [2.75, 3.05) is 5.32 Å². The molecule has 0 radical (unpaired) electrons. The van der Waals surface area contributed by atoms with Crippen molar-refractivity contribution in [2.45, 2.75) is 30.9 Å². The summed E-state index contributed by atoms with van der Waals surface area (Å²) in [6.45, 7) is 3.98. The molecule has 1 aliphatic rings. The first kappa shape index (κ1) is 26.6. The van der Waals surface area contributed by atoms with Crippen LogP contribution in [-0.4, -0.2) is 31.4 Å². The standard InChI is InChI=1S/C27H22F3N5O2S2/c1-16-4-3-5-17(2)24(16)33-26(38)34-32-13-18-6-11-21-23(12-18)39(36)14-22-25(21)31-15-35(22)19-7-9-20(10-8-19)37-27(28,29)30/h3-13,15H,14H2,1-2H3,(H2,33,34,38). The number of para-hydroxylation sites is 1. The third-order valence-electron chi connectivity index (χ3n) is 6.09. The maximum Gasteiger partial charge on any atom is 0.573 e. The first-order chi connectivity index (χ1) is 18.6. The van der Waals surface area contributed by atoms with Crippen molar-refractivity contribution in [3.63, 3.8) is 0 Å². The molecule has 2 N–H and O–H groups in total. The van der Waals surface area contributed by atoms with Crippen LogP contribution in [0.4, 0.5) is 18.9 Å². The summed E-state index contributed by atoms with van der Waals surface area (Å²) in [6.07, 6.45) is -1.60. The Morgan fingerprint density at radius 3 is 2.54 bits per heavy atom. The molecule has 7 nitrogen and oxygen atoms in total. The smallest absolute Gasteiger partial charge is 0.406 e. The minimum atomic E-state index is -4.76. The van der Waals surface area contributed by atoms with Crippen LogP contribution in [-0.2, 0) is 16.6 Å². The number of fused-ring (bicyclic) bond motifs is 3. The van der Waals surface area contributed by atoms with Gasteiger partial charge in [0.25, 0.3) is 0 Å². The van der Waals surface area contributed by atoms with E-state index < -0.39 is 17.2 Å². The van der Waals surface area contributed by atoms with Gasteiger partial charge in [-0.2, -0.15) is 5.10 Å². The van der Waals surface area contributed by atoms with Gasteiger partial charge in [0.1, 0.15) is 12.1 Å². The highest BCUT2D eigenvalue weighted by molar-refractivity contribution is 7.84. The number of nitrogens with one attached hydrogen (secondary N) is 2. The largest absolute Gasteiger partial charge is 0.573 e. The summed E-state index contributed by atoms with van der Waals surface area (Å²) >= 11 is 5.35. The number of aryl methyl sites for hydroxylation is 2. The SMILES string of the molecule is Cc1cccc(C)c1NC(=S)NN=Cc1ccc2c(c1)S(=O)Cc1c-2ncn1-c1ccc(OC(F)(F)F)cc1. The Kier molecular flexibility index (Phi) is 7.23. The van der Waals surface area contributed by atoms with Crippen LogP contribution >= 0.6 is 12.2 Å². The second-order valence-corrected chi connectivity index (χ2v) is 10.6. The predicted molar refractivity (Wildman–Crippen MR) is 149 cm³/mol. The summed E-state index contributed by atoms with van der Waals surface area (Å²) in [4.78, 5) is 5.13. The summed E-state index contributed by atoms with van der Waals surface area (Å²) in [6, 6.07) is 16.9. The zero-order valence-electron chi connectivity index (χ0n) is 20.7. The Morgan fingerprint density at radius 2 is 1.85 bits per heavy atom. The van der Waals surface area contributed by atoms with Gasteiger partial charge < -0.3 is 14.6 Å². The highest BCUT2D eigenvalue weighted by atomic mass is 32.2.